The summed E-state index contributed by atoms with van der Waals surface area (Å²) in [7, 11) is 0. The molecule has 0 amide bonds. The van der Waals surface area contributed by atoms with Gasteiger partial charge in [-0.25, -0.2) is 0 Å². The Morgan fingerprint density at radius 2 is 0.607 bits per heavy atom. The predicted molar refractivity (Wildman–Crippen MR) is 619 cm³/mol. The summed E-state index contributed by atoms with van der Waals surface area (Å²) in [5.74, 6) is 0. The molecule has 18 aromatic carbocycles. The fraction of sp³-hybridized carbons (Fsp3) is 0.115. The normalized spacial score (nSPS) is 18.0. The van der Waals surface area contributed by atoms with Gasteiger partial charge in [0, 0.05) is 54.8 Å². The van der Waals surface area contributed by atoms with Gasteiger partial charge in [-0.3, -0.25) is 0 Å². The summed E-state index contributed by atoms with van der Waals surface area (Å²) in [6.45, 7) is 30.2. The summed E-state index contributed by atoms with van der Waals surface area (Å²) in [5.41, 5.74) is 50.8. The monoisotopic (exact) mass is 1820 g/mol. The molecule has 658 valence electrons. The second-order valence-corrected chi connectivity index (χ2v) is 57.6. The van der Waals surface area contributed by atoms with Crippen molar-refractivity contribution in [1.82, 2.24) is 18.3 Å². The zero-order valence-electron chi connectivity index (χ0n) is 81.1. The van der Waals surface area contributed by atoms with E-state index >= 15 is 0 Å². The topological polar surface area (TPSA) is 43.8 Å². The third-order valence-electron chi connectivity index (χ3n) is 37.7. The molecule has 0 spiro atoms. The molecule has 4 saturated heterocycles. The van der Waals surface area contributed by atoms with Crippen LogP contribution in [-0.2, 0) is 21.7 Å². The van der Waals surface area contributed by atoms with E-state index < -0.39 is 12.8 Å². The van der Waals surface area contributed by atoms with Crippen molar-refractivity contribution in [3.8, 4) is 22.7 Å². The number of fused-ring (bicyclic) bond motifs is 30. The first kappa shape index (κ1) is 81.1. The first-order chi connectivity index (χ1) is 68.2. The Labute approximate surface area is 821 Å². The van der Waals surface area contributed by atoms with Crippen LogP contribution in [0, 0.1) is 13.8 Å². The number of aromatic nitrogens is 4. The summed E-state index contributed by atoms with van der Waals surface area (Å²) in [4.78, 5) is 0. The van der Waals surface area contributed by atoms with Crippen LogP contribution in [0.25, 0.3) is 110 Å². The van der Waals surface area contributed by atoms with Gasteiger partial charge in [0.25, 0.3) is 0 Å². The van der Waals surface area contributed by atoms with E-state index in [4.69, 9.17) is 0 Å². The summed E-state index contributed by atoms with van der Waals surface area (Å²) >= 11 is 0. The molecule has 12 aliphatic rings. The van der Waals surface area contributed by atoms with Gasteiger partial charge in [0.05, 0.1) is 11.0 Å². The Morgan fingerprint density at radius 3 is 1.11 bits per heavy atom. The second kappa shape index (κ2) is 27.3. The second-order valence-electron chi connectivity index (χ2n) is 46.0. The summed E-state index contributed by atoms with van der Waals surface area (Å²) in [5, 5.41) is 22.7. The van der Waals surface area contributed by atoms with Crippen molar-refractivity contribution in [2.45, 2.75) is 90.9 Å². The molecule has 6 nitrogen and oxygen atoms in total. The van der Waals surface area contributed by atoms with Gasteiger partial charge >= 0.3 is 474 Å². The van der Waals surface area contributed by atoms with Gasteiger partial charge in [-0.15, -0.1) is 0 Å². The van der Waals surface area contributed by atoms with Crippen LogP contribution in [0.4, 0.5) is 11.4 Å². The molecular formula is C122H98B10N6P2-2. The smallest absolute Gasteiger partial charge is 0.247 e. The Balaban J connectivity index is 0.0000000868. The standard InChI is InChI=1S/2C33H27B4N2P.2C28H22BN/c1-33(2)23-14-6-7-16-25(23)36-26-17-8-13-22-30-27(39(32(22)26)28-19-9-15-24(33)31(28)36)18-10-20-29(30)40(34-37(40)35-40)38-21-11-4-3-5-12-21;1-33(2)25-13-6-7-15-27(25)36-28-16-8-12-23-24-20-22(40(34-37(40)35-40)38-21-10-4-3-5-11-21)18-19-29(24)39(32(23)28)30-17-9-14-26(33)31(30)36;1-17-15-21-26-25(16-17)30-24-14-7-4-9-18(24)19-10-8-13-23(27(19)30)29(26)22-12-6-5-11-20(22)28(21,2)3;1-17-15-16-21-25-26(17)30-24-14-7-4-9-18(24)19-10-8-13-23(27(19)30)29(25)22-12-6-5-11-20(22)28(21,2)3/h2*3-20,38H,34H2,1-2H3;2*4-16H,1-3H3/q2*-1;;. The van der Waals surface area contributed by atoms with Gasteiger partial charge in [-0.05, 0) is 87.3 Å². The largest absolute Gasteiger partial charge is 0.310 e. The van der Waals surface area contributed by atoms with E-state index in [9.17, 15) is 0 Å². The number of nitrogens with zero attached hydrogens (tertiary/aromatic N) is 4. The van der Waals surface area contributed by atoms with Gasteiger partial charge in [0.1, 0.15) is 0 Å². The molecule has 2 N–H and O–H groups in total. The molecule has 0 saturated carbocycles. The SMILES string of the molecule is CC1(C)c2ccccc2B2c3c(cccc31)-n1c3ccc(P45(Nc6ccccc6)[B]B4[BH2-]5)cc3c3cccc2c31.CC1(C)c2ccccc2B2c3c(cccc31)-n1c3cccc(P45(Nc6ccccc6)[B]B4[BH2-]5)c3c3cccc2c31.Cc1cc2c3c(c1)C(C)(C)c1ccccc1B3c1cccc3c4ccccc4n-2c13.Cc1ccc2c3c1-n1c4ccccc4c4cccc(c41)B3c1ccccc1C2(C)C. The van der Waals surface area contributed by atoms with Gasteiger partial charge < -0.3 is 9.13 Å². The van der Waals surface area contributed by atoms with Crippen LogP contribution in [0.5, 0.6) is 0 Å². The van der Waals surface area contributed by atoms with E-state index in [0.717, 1.165) is 12.4 Å². The van der Waals surface area contributed by atoms with E-state index in [1.54, 1.807) is 10.6 Å². The number of para-hydroxylation sites is 8. The molecular weight excluding hydrogens is 1720 g/mol. The first-order valence-electron chi connectivity index (χ1n) is 51.3. The molecule has 4 fully saturated rings. The van der Waals surface area contributed by atoms with Crippen LogP contribution < -0.4 is 86.3 Å². The molecule has 4 aromatic heterocycles. The van der Waals surface area contributed by atoms with Crippen LogP contribution in [0.1, 0.15) is 111 Å². The molecule has 22 aromatic rings. The summed E-state index contributed by atoms with van der Waals surface area (Å²) in [6.07, 6.45) is -2.46. The van der Waals surface area contributed by atoms with E-state index in [2.05, 4.69) is 488 Å². The van der Waals surface area contributed by atoms with Gasteiger partial charge in [0.15, 0.2) is 0 Å². The number of aryl methyl sites for hydroxylation is 2. The van der Waals surface area contributed by atoms with E-state index in [1.807, 2.05) is 0 Å². The Kier molecular flexibility index (Phi) is 15.8. The number of nitrogens with one attached hydrogen (secondary N) is 2. The van der Waals surface area contributed by atoms with Crippen LogP contribution in [-0.4, -0.2) is 85.1 Å². The first-order valence-corrected chi connectivity index (χ1v) is 57.0. The molecule has 0 aliphatic carbocycles. The number of benzene rings is 18. The molecule has 0 atom stereocenters. The molecule has 16 heterocycles. The zero-order valence-corrected chi connectivity index (χ0v) is 82.9. The fourth-order valence-electron chi connectivity index (χ4n) is 30.7. The zero-order chi connectivity index (χ0) is 93.3. The maximum Gasteiger partial charge on any atom is 0.247 e. The third-order valence-corrected chi connectivity index (χ3v) is 51.2. The average molecular weight is 1820 g/mol. The minimum atomic E-state index is -2.14. The van der Waals surface area contributed by atoms with Crippen molar-refractivity contribution >= 4 is 254 Å². The summed E-state index contributed by atoms with van der Waals surface area (Å²) in [6, 6.07) is 142. The van der Waals surface area contributed by atoms with Crippen molar-refractivity contribution in [3.05, 3.63) is 432 Å². The maximum absolute atomic E-state index is 4.21. The van der Waals surface area contributed by atoms with E-state index in [0.29, 0.717) is 13.4 Å². The van der Waals surface area contributed by atoms with Crippen molar-refractivity contribution in [3.63, 3.8) is 0 Å². The van der Waals surface area contributed by atoms with Crippen molar-refractivity contribution in [2.75, 3.05) is 10.2 Å². The molecule has 18 heteroatoms. The Hall–Kier alpha value is -13.7. The minimum Gasteiger partial charge on any atom is -0.310 e. The van der Waals surface area contributed by atoms with Crippen molar-refractivity contribution in [2.24, 2.45) is 0 Å². The van der Waals surface area contributed by atoms with Crippen LogP contribution in [0.2, 0.25) is 0 Å². The van der Waals surface area contributed by atoms with Crippen molar-refractivity contribution in [1.29, 1.82) is 0 Å². The van der Waals surface area contributed by atoms with Gasteiger partial charge in [0.2, 0.25) is 13.4 Å². The Morgan fingerprint density at radius 1 is 0.264 bits per heavy atom. The van der Waals surface area contributed by atoms with Crippen LogP contribution in [0.15, 0.2) is 376 Å². The molecule has 12 aliphatic heterocycles. The average Bonchev–Trinajstić information content (AvgIpc) is 1.43. The number of hydrogen-bond acceptors (Lipinski definition) is 2. The summed E-state index contributed by atoms with van der Waals surface area (Å²) < 4.78 is 10.3. The Bertz CT molecular complexity index is 9440. The third kappa shape index (κ3) is 10.1. The molecule has 0 bridgehead atoms. The van der Waals surface area contributed by atoms with Crippen molar-refractivity contribution < 1.29 is 0 Å². The number of hydrogen-bond donors (Lipinski definition) is 2. The molecule has 2 radical (unpaired) electrons. The molecule has 140 heavy (non-hydrogen) atoms. The number of anilines is 2. The van der Waals surface area contributed by atoms with Gasteiger partial charge in [-0.1, -0.05) is 178 Å². The number of rotatable bonds is 6. The quantitative estimate of drug-likeness (QED) is 0.129. The van der Waals surface area contributed by atoms with Crippen LogP contribution in [0.3, 0.4) is 0 Å². The van der Waals surface area contributed by atoms with Gasteiger partial charge in [-0.2, -0.15) is 0 Å². The van der Waals surface area contributed by atoms with E-state index in [1.165, 1.54) is 243 Å². The molecule has 34 rings (SSSR count). The maximum atomic E-state index is 4.21. The fourth-order valence-corrected chi connectivity index (χ4v) is 45.0. The van der Waals surface area contributed by atoms with E-state index in [-0.39, 0.29) is 48.9 Å². The molecule has 0 unspecified atom stereocenters. The minimum absolute atomic E-state index is 0.0147. The van der Waals surface area contributed by atoms with Crippen LogP contribution >= 0.6 is 12.8 Å². The predicted octanol–water partition coefficient (Wildman–Crippen LogP) is 17.5.